The zero-order valence-electron chi connectivity index (χ0n) is 12.9. The summed E-state index contributed by atoms with van der Waals surface area (Å²) < 4.78 is 0. The van der Waals surface area contributed by atoms with Gasteiger partial charge in [0.25, 0.3) is 0 Å². The number of benzene rings is 1. The quantitative estimate of drug-likeness (QED) is 0.753. The normalized spacial score (nSPS) is 16.3. The summed E-state index contributed by atoms with van der Waals surface area (Å²) in [4.78, 5) is 27.5. The highest BCUT2D eigenvalue weighted by Gasteiger charge is 2.21. The molecule has 1 amide bonds. The van der Waals surface area contributed by atoms with Crippen molar-refractivity contribution in [3.8, 4) is 0 Å². The second kappa shape index (κ2) is 7.23. The van der Waals surface area contributed by atoms with E-state index >= 15 is 0 Å². The predicted octanol–water partition coefficient (Wildman–Crippen LogP) is 0.594. The maximum Gasteiger partial charge on any atom is 0.340 e. The van der Waals surface area contributed by atoms with Gasteiger partial charge in [0.1, 0.15) is 5.82 Å². The fraction of sp³-hybridized carbons (Fsp3) is 0.438. The molecule has 0 radical (unpaired) electrons. The lowest BCUT2D eigenvalue weighted by atomic mass is 9.89. The summed E-state index contributed by atoms with van der Waals surface area (Å²) in [5.74, 6) is 0.975. The van der Waals surface area contributed by atoms with E-state index in [2.05, 4.69) is 49.7 Å². The molecule has 3 N–H and O–H groups in total. The van der Waals surface area contributed by atoms with E-state index in [-0.39, 0.29) is 18.1 Å². The van der Waals surface area contributed by atoms with E-state index < -0.39 is 0 Å². The standard InChI is InChI=1S/C16H21N5O2/c22-15(17-10-14-18-16(23)20-19-14)11-21-8-6-13(7-9-21)12-4-2-1-3-5-12/h1-5,13H,6-11H2,(H,17,22)(H2,18,19,20,23). The molecule has 0 saturated carbocycles. The molecule has 2 heterocycles. The van der Waals surface area contributed by atoms with Crippen LogP contribution < -0.4 is 11.0 Å². The van der Waals surface area contributed by atoms with Gasteiger partial charge in [-0.2, -0.15) is 5.10 Å². The molecule has 0 unspecified atom stereocenters. The number of nitrogens with zero attached hydrogens (tertiary/aromatic N) is 2. The number of aromatic amines is 2. The summed E-state index contributed by atoms with van der Waals surface area (Å²) in [6.07, 6.45) is 2.15. The lowest BCUT2D eigenvalue weighted by Crippen LogP contribution is -2.41. The van der Waals surface area contributed by atoms with Crippen LogP contribution in [-0.2, 0) is 11.3 Å². The first-order valence-electron chi connectivity index (χ1n) is 7.88. The van der Waals surface area contributed by atoms with E-state index in [1.165, 1.54) is 5.56 Å². The molecule has 23 heavy (non-hydrogen) atoms. The molecule has 2 aromatic rings. The largest absolute Gasteiger partial charge is 0.348 e. The molecule has 7 nitrogen and oxygen atoms in total. The molecule has 1 aromatic heterocycles. The molecule has 3 rings (SSSR count). The van der Waals surface area contributed by atoms with Crippen LogP contribution in [-0.4, -0.2) is 45.6 Å². The molecule has 0 spiro atoms. The fourth-order valence-corrected chi connectivity index (χ4v) is 2.98. The minimum atomic E-state index is -0.364. The van der Waals surface area contributed by atoms with Gasteiger partial charge >= 0.3 is 5.69 Å². The molecule has 1 aliphatic heterocycles. The van der Waals surface area contributed by atoms with Crippen molar-refractivity contribution < 1.29 is 4.79 Å². The first-order chi connectivity index (χ1) is 11.2. The Morgan fingerprint density at radius 2 is 2.00 bits per heavy atom. The highest BCUT2D eigenvalue weighted by molar-refractivity contribution is 5.77. The van der Waals surface area contributed by atoms with Gasteiger partial charge in [-0.05, 0) is 37.4 Å². The van der Waals surface area contributed by atoms with Gasteiger partial charge in [0, 0.05) is 0 Å². The van der Waals surface area contributed by atoms with Crippen LogP contribution in [0.25, 0.3) is 0 Å². The van der Waals surface area contributed by atoms with E-state index in [0.29, 0.717) is 18.3 Å². The summed E-state index contributed by atoms with van der Waals surface area (Å²) in [5, 5.41) is 8.80. The van der Waals surface area contributed by atoms with Crippen molar-refractivity contribution >= 4 is 5.91 Å². The zero-order chi connectivity index (χ0) is 16.1. The molecular formula is C16H21N5O2. The van der Waals surface area contributed by atoms with Gasteiger partial charge < -0.3 is 5.32 Å². The number of carbonyl (C=O) groups is 1. The Labute approximate surface area is 134 Å². The number of likely N-dealkylation sites (tertiary alicyclic amines) is 1. The number of nitrogens with one attached hydrogen (secondary N) is 3. The van der Waals surface area contributed by atoms with Crippen molar-refractivity contribution in [3.63, 3.8) is 0 Å². The average Bonchev–Trinajstić information content (AvgIpc) is 3.00. The Hall–Kier alpha value is -2.41. The van der Waals surface area contributed by atoms with Crippen LogP contribution in [0.4, 0.5) is 0 Å². The second-order valence-corrected chi connectivity index (χ2v) is 5.86. The lowest BCUT2D eigenvalue weighted by molar-refractivity contribution is -0.122. The van der Waals surface area contributed by atoms with Crippen molar-refractivity contribution in [2.45, 2.75) is 25.3 Å². The van der Waals surface area contributed by atoms with Gasteiger partial charge in [-0.25, -0.2) is 9.89 Å². The first kappa shape index (κ1) is 15.5. The van der Waals surface area contributed by atoms with Gasteiger partial charge in [-0.15, -0.1) is 0 Å². The highest BCUT2D eigenvalue weighted by atomic mass is 16.2. The molecule has 122 valence electrons. The van der Waals surface area contributed by atoms with E-state index in [4.69, 9.17) is 0 Å². The number of hydrogen-bond donors (Lipinski definition) is 3. The Kier molecular flexibility index (Phi) is 4.87. The first-order valence-corrected chi connectivity index (χ1v) is 7.88. The molecule has 0 bridgehead atoms. The minimum Gasteiger partial charge on any atom is -0.348 e. The number of rotatable bonds is 5. The number of carbonyl (C=O) groups excluding carboxylic acids is 1. The molecule has 1 fully saturated rings. The van der Waals surface area contributed by atoms with Crippen molar-refractivity contribution in [2.75, 3.05) is 19.6 Å². The van der Waals surface area contributed by atoms with Crippen molar-refractivity contribution in [3.05, 3.63) is 52.2 Å². The third-order valence-electron chi connectivity index (χ3n) is 4.23. The number of aromatic nitrogens is 3. The lowest BCUT2D eigenvalue weighted by Gasteiger charge is -2.31. The maximum absolute atomic E-state index is 12.0. The van der Waals surface area contributed by atoms with E-state index in [1.54, 1.807) is 0 Å². The monoisotopic (exact) mass is 315 g/mol. The van der Waals surface area contributed by atoms with E-state index in [0.717, 1.165) is 25.9 Å². The fourth-order valence-electron chi connectivity index (χ4n) is 2.98. The van der Waals surface area contributed by atoms with Crippen LogP contribution >= 0.6 is 0 Å². The summed E-state index contributed by atoms with van der Waals surface area (Å²) in [6, 6.07) is 10.5. The van der Waals surface area contributed by atoms with Gasteiger partial charge in [-0.1, -0.05) is 30.3 Å². The average molecular weight is 315 g/mol. The Balaban J connectivity index is 1.41. The topological polar surface area (TPSA) is 93.9 Å². The minimum absolute atomic E-state index is 0.0491. The van der Waals surface area contributed by atoms with E-state index in [1.807, 2.05) is 6.07 Å². The Morgan fingerprint density at radius 1 is 1.26 bits per heavy atom. The van der Waals surface area contributed by atoms with Crippen molar-refractivity contribution in [1.82, 2.24) is 25.4 Å². The van der Waals surface area contributed by atoms with E-state index in [9.17, 15) is 9.59 Å². The summed E-state index contributed by atoms with van der Waals surface area (Å²) >= 11 is 0. The van der Waals surface area contributed by atoms with Gasteiger partial charge in [0.2, 0.25) is 5.91 Å². The van der Waals surface area contributed by atoms with Gasteiger partial charge in [0.05, 0.1) is 13.1 Å². The van der Waals surface area contributed by atoms with Crippen LogP contribution in [0.15, 0.2) is 35.1 Å². The van der Waals surface area contributed by atoms with Crippen molar-refractivity contribution in [1.29, 1.82) is 0 Å². The molecule has 1 aliphatic rings. The third kappa shape index (κ3) is 4.29. The number of piperidine rings is 1. The number of hydrogen-bond acceptors (Lipinski definition) is 4. The summed E-state index contributed by atoms with van der Waals surface area (Å²) in [5.41, 5.74) is 1.02. The summed E-state index contributed by atoms with van der Waals surface area (Å²) in [7, 11) is 0. The van der Waals surface area contributed by atoms with Crippen LogP contribution in [0.5, 0.6) is 0 Å². The molecule has 1 saturated heterocycles. The number of H-pyrrole nitrogens is 2. The molecule has 0 atom stereocenters. The SMILES string of the molecule is O=C(CN1CCC(c2ccccc2)CC1)NCc1n[nH]c(=O)[nH]1. The predicted molar refractivity (Wildman–Crippen MR) is 85.9 cm³/mol. The summed E-state index contributed by atoms with van der Waals surface area (Å²) in [6.45, 7) is 2.46. The number of amides is 1. The second-order valence-electron chi connectivity index (χ2n) is 5.86. The molecule has 7 heteroatoms. The van der Waals surface area contributed by atoms with Crippen LogP contribution in [0.2, 0.25) is 0 Å². The smallest absolute Gasteiger partial charge is 0.340 e. The molecular weight excluding hydrogens is 294 g/mol. The van der Waals surface area contributed by atoms with Crippen molar-refractivity contribution in [2.24, 2.45) is 0 Å². The Morgan fingerprint density at radius 3 is 2.65 bits per heavy atom. The zero-order valence-corrected chi connectivity index (χ0v) is 12.9. The highest BCUT2D eigenvalue weighted by Crippen LogP contribution is 2.27. The third-order valence-corrected chi connectivity index (χ3v) is 4.23. The van der Waals surface area contributed by atoms with Gasteiger partial charge in [0.15, 0.2) is 0 Å². The molecule has 0 aliphatic carbocycles. The van der Waals surface area contributed by atoms with Crippen LogP contribution in [0, 0.1) is 0 Å². The van der Waals surface area contributed by atoms with Crippen LogP contribution in [0.3, 0.4) is 0 Å². The van der Waals surface area contributed by atoms with Gasteiger partial charge in [-0.3, -0.25) is 14.7 Å². The Bertz CT molecular complexity index is 686. The molecule has 1 aromatic carbocycles. The van der Waals surface area contributed by atoms with Crippen LogP contribution in [0.1, 0.15) is 30.1 Å². The maximum atomic E-state index is 12.0.